The van der Waals surface area contributed by atoms with E-state index in [0.717, 1.165) is 49.8 Å². The SMILES string of the molecule is CC(C)(C)c1cc(Oc2[c-]c(-c3[c-]cccc3)ccc2C(C)(C)C)nc(-c2cc3oc4cccc5oc(n2)c3c45)c1.[Pt+2]. The standard InChI is InChI=1S/C36H30N2O3.Pt/c1-35(2,3)23-18-25(26-20-30-33-32-27(39-30)13-10-14-28(32)41-34(33)38-26)37-31(19-23)40-29-17-22(21-11-8-7-9-12-21)15-16-24(29)36(4,5)6;/h7-11,13-16,18-20H,1-6H3;/q-2;+2. The van der Waals surface area contributed by atoms with E-state index >= 15 is 0 Å². The first kappa shape index (κ1) is 28.2. The van der Waals surface area contributed by atoms with Gasteiger partial charge in [-0.05, 0) is 34.6 Å². The maximum Gasteiger partial charge on any atom is 2.00 e. The average molecular weight is 734 g/mol. The van der Waals surface area contributed by atoms with E-state index in [0.29, 0.717) is 28.7 Å². The molecule has 0 saturated heterocycles. The summed E-state index contributed by atoms with van der Waals surface area (Å²) in [6.45, 7) is 13.0. The first-order valence-corrected chi connectivity index (χ1v) is 13.8. The van der Waals surface area contributed by atoms with E-state index in [1.54, 1.807) is 0 Å². The summed E-state index contributed by atoms with van der Waals surface area (Å²) in [5.41, 5.74) is 7.84. The molecular weight excluding hydrogens is 703 g/mol. The van der Waals surface area contributed by atoms with Gasteiger partial charge in [0.25, 0.3) is 0 Å². The fourth-order valence-electron chi connectivity index (χ4n) is 5.25. The van der Waals surface area contributed by atoms with Crippen LogP contribution < -0.4 is 4.74 Å². The fourth-order valence-corrected chi connectivity index (χ4v) is 5.25. The zero-order valence-electron chi connectivity index (χ0n) is 24.4. The molecule has 0 N–H and O–H groups in total. The summed E-state index contributed by atoms with van der Waals surface area (Å²) in [7, 11) is 0. The van der Waals surface area contributed by atoms with Crippen molar-refractivity contribution in [2.75, 3.05) is 0 Å². The van der Waals surface area contributed by atoms with Crippen LogP contribution in [0.2, 0.25) is 0 Å². The summed E-state index contributed by atoms with van der Waals surface area (Å²) in [6, 6.07) is 30.7. The molecule has 7 aromatic rings. The molecule has 0 bridgehead atoms. The van der Waals surface area contributed by atoms with Crippen molar-refractivity contribution in [1.82, 2.24) is 9.97 Å². The molecule has 0 saturated carbocycles. The van der Waals surface area contributed by atoms with E-state index in [-0.39, 0.29) is 31.9 Å². The van der Waals surface area contributed by atoms with Crippen LogP contribution in [0.25, 0.3) is 55.7 Å². The summed E-state index contributed by atoms with van der Waals surface area (Å²) in [4.78, 5) is 9.84. The molecule has 42 heavy (non-hydrogen) atoms. The van der Waals surface area contributed by atoms with Gasteiger partial charge in [-0.2, -0.15) is 30.3 Å². The molecule has 5 nitrogen and oxygen atoms in total. The van der Waals surface area contributed by atoms with Crippen molar-refractivity contribution >= 4 is 33.2 Å². The van der Waals surface area contributed by atoms with Crippen LogP contribution in [-0.2, 0) is 31.9 Å². The number of benzene rings is 3. The number of aromatic nitrogens is 2. The Morgan fingerprint density at radius 3 is 2.17 bits per heavy atom. The van der Waals surface area contributed by atoms with Crippen molar-refractivity contribution < 1.29 is 34.6 Å². The summed E-state index contributed by atoms with van der Waals surface area (Å²) in [6.07, 6.45) is 0. The van der Waals surface area contributed by atoms with Crippen LogP contribution in [0.15, 0.2) is 81.6 Å². The number of pyridine rings is 2. The van der Waals surface area contributed by atoms with Crippen molar-refractivity contribution in [2.45, 2.75) is 52.4 Å². The fraction of sp³-hybridized carbons (Fsp3) is 0.222. The van der Waals surface area contributed by atoms with Gasteiger partial charge in [-0.25, -0.2) is 21.1 Å². The quantitative estimate of drug-likeness (QED) is 0.169. The topological polar surface area (TPSA) is 61.3 Å². The Bertz CT molecular complexity index is 1980. The van der Waals surface area contributed by atoms with Gasteiger partial charge in [0.05, 0.1) is 22.2 Å². The van der Waals surface area contributed by atoms with Crippen LogP contribution in [0.3, 0.4) is 0 Å². The minimum atomic E-state index is -0.164. The molecule has 0 aliphatic heterocycles. The van der Waals surface area contributed by atoms with Crippen molar-refractivity contribution in [3.63, 3.8) is 0 Å². The average Bonchev–Trinajstić information content (AvgIpc) is 3.51. The van der Waals surface area contributed by atoms with E-state index in [2.05, 4.69) is 71.9 Å². The van der Waals surface area contributed by atoms with Crippen molar-refractivity contribution in [3.8, 4) is 34.1 Å². The van der Waals surface area contributed by atoms with E-state index < -0.39 is 0 Å². The molecule has 3 aromatic carbocycles. The van der Waals surface area contributed by atoms with Crippen LogP contribution in [0.1, 0.15) is 52.7 Å². The van der Waals surface area contributed by atoms with Crippen LogP contribution >= 0.6 is 0 Å². The summed E-state index contributed by atoms with van der Waals surface area (Å²) < 4.78 is 18.9. The van der Waals surface area contributed by atoms with Crippen LogP contribution in [0, 0.1) is 12.1 Å². The zero-order chi connectivity index (χ0) is 28.5. The number of rotatable bonds is 4. The Morgan fingerprint density at radius 2 is 1.45 bits per heavy atom. The molecule has 4 aromatic heterocycles. The molecule has 0 amide bonds. The molecular formula is C36H30N2O3Pt. The molecule has 212 valence electrons. The van der Waals surface area contributed by atoms with Gasteiger partial charge in [-0.1, -0.05) is 53.2 Å². The third-order valence-electron chi connectivity index (χ3n) is 7.47. The van der Waals surface area contributed by atoms with Crippen LogP contribution in [-0.4, -0.2) is 9.97 Å². The molecule has 0 atom stereocenters. The Labute approximate surface area is 259 Å². The van der Waals surface area contributed by atoms with Gasteiger partial charge in [-0.3, -0.25) is 0 Å². The van der Waals surface area contributed by atoms with Crippen molar-refractivity contribution in [3.05, 3.63) is 96.1 Å². The van der Waals surface area contributed by atoms with Gasteiger partial charge in [0.2, 0.25) is 11.6 Å². The second-order valence-electron chi connectivity index (χ2n) is 12.6. The van der Waals surface area contributed by atoms with E-state index in [4.69, 9.17) is 23.5 Å². The third-order valence-corrected chi connectivity index (χ3v) is 7.47. The van der Waals surface area contributed by atoms with Crippen LogP contribution in [0.5, 0.6) is 11.6 Å². The van der Waals surface area contributed by atoms with E-state index in [9.17, 15) is 0 Å². The molecule has 0 aliphatic carbocycles. The van der Waals surface area contributed by atoms with Gasteiger partial charge in [-0.15, -0.1) is 18.2 Å². The van der Waals surface area contributed by atoms with E-state index in [1.165, 1.54) is 0 Å². The van der Waals surface area contributed by atoms with Gasteiger partial charge in [0.1, 0.15) is 16.7 Å². The van der Waals surface area contributed by atoms with Gasteiger partial charge in [0, 0.05) is 17.9 Å². The minimum absolute atomic E-state index is 0. The number of furan rings is 2. The third kappa shape index (κ3) is 4.90. The van der Waals surface area contributed by atoms with Gasteiger partial charge >= 0.3 is 21.1 Å². The number of hydrogen-bond donors (Lipinski definition) is 0. The maximum absolute atomic E-state index is 6.62. The predicted molar refractivity (Wildman–Crippen MR) is 163 cm³/mol. The van der Waals surface area contributed by atoms with Crippen molar-refractivity contribution in [2.24, 2.45) is 0 Å². The summed E-state index contributed by atoms with van der Waals surface area (Å²) >= 11 is 0. The molecule has 0 aliphatic rings. The Kier molecular flexibility index (Phi) is 6.78. The zero-order valence-corrected chi connectivity index (χ0v) is 26.6. The normalized spacial score (nSPS) is 12.3. The summed E-state index contributed by atoms with van der Waals surface area (Å²) in [5.74, 6) is 1.12. The largest absolute Gasteiger partial charge is 2.00 e. The first-order valence-electron chi connectivity index (χ1n) is 13.8. The predicted octanol–water partition coefficient (Wildman–Crippen LogP) is 9.88. The number of ether oxygens (including phenoxy) is 1. The molecule has 0 fully saturated rings. The molecule has 0 unspecified atom stereocenters. The Hall–Kier alpha value is -3.95. The monoisotopic (exact) mass is 733 g/mol. The first-order chi connectivity index (χ1) is 19.5. The van der Waals surface area contributed by atoms with Gasteiger partial charge in [0.15, 0.2) is 0 Å². The van der Waals surface area contributed by atoms with Crippen LogP contribution in [0.4, 0.5) is 0 Å². The van der Waals surface area contributed by atoms with Crippen molar-refractivity contribution in [1.29, 1.82) is 0 Å². The second kappa shape index (κ2) is 10.1. The molecule has 6 heteroatoms. The minimum Gasteiger partial charge on any atom is -0.460 e. The Balaban J connectivity index is 0.00000316. The molecule has 0 radical (unpaired) electrons. The molecule has 0 spiro atoms. The molecule has 7 rings (SSSR count). The smallest absolute Gasteiger partial charge is 0.460 e. The van der Waals surface area contributed by atoms with Gasteiger partial charge < -0.3 is 13.6 Å². The van der Waals surface area contributed by atoms with E-state index in [1.807, 2.05) is 54.6 Å². The summed E-state index contributed by atoms with van der Waals surface area (Å²) in [5, 5.41) is 1.87. The molecule has 4 heterocycles. The maximum atomic E-state index is 6.62. The Morgan fingerprint density at radius 1 is 0.690 bits per heavy atom. The number of hydrogen-bond acceptors (Lipinski definition) is 5. The number of nitrogens with zero attached hydrogens (tertiary/aromatic N) is 2. The second-order valence-corrected chi connectivity index (χ2v) is 12.6.